The lowest BCUT2D eigenvalue weighted by Gasteiger charge is -2.15. The average Bonchev–Trinajstić information content (AvgIpc) is 2.62. The SMILES string of the molecule is CC(C)CC(N)c1ccc2c(c1)CCC2. The Kier molecular flexibility index (Phi) is 3.11. The van der Waals surface area contributed by atoms with Gasteiger partial charge in [0, 0.05) is 6.04 Å². The number of fused-ring (bicyclic) bond motifs is 1. The van der Waals surface area contributed by atoms with E-state index < -0.39 is 0 Å². The summed E-state index contributed by atoms with van der Waals surface area (Å²) in [7, 11) is 0. The van der Waals surface area contributed by atoms with Gasteiger partial charge in [-0.1, -0.05) is 32.0 Å². The molecule has 2 N–H and O–H groups in total. The van der Waals surface area contributed by atoms with Crippen molar-refractivity contribution in [3.63, 3.8) is 0 Å². The molecule has 2 rings (SSSR count). The van der Waals surface area contributed by atoms with Gasteiger partial charge in [-0.15, -0.1) is 0 Å². The summed E-state index contributed by atoms with van der Waals surface area (Å²) in [5.41, 5.74) is 10.6. The molecule has 0 radical (unpaired) electrons. The molecule has 0 heterocycles. The van der Waals surface area contributed by atoms with Crippen molar-refractivity contribution >= 4 is 0 Å². The van der Waals surface area contributed by atoms with Crippen molar-refractivity contribution in [2.24, 2.45) is 11.7 Å². The minimum absolute atomic E-state index is 0.218. The van der Waals surface area contributed by atoms with E-state index in [1.807, 2.05) is 0 Å². The number of hydrogen-bond acceptors (Lipinski definition) is 1. The van der Waals surface area contributed by atoms with E-state index in [0.29, 0.717) is 5.92 Å². The molecule has 0 aromatic heterocycles. The molecule has 0 aliphatic heterocycles. The van der Waals surface area contributed by atoms with Gasteiger partial charge in [-0.05, 0) is 48.3 Å². The second-order valence-electron chi connectivity index (χ2n) is 5.12. The van der Waals surface area contributed by atoms with E-state index in [4.69, 9.17) is 5.73 Å². The minimum Gasteiger partial charge on any atom is -0.324 e. The van der Waals surface area contributed by atoms with Gasteiger partial charge >= 0.3 is 0 Å². The number of rotatable bonds is 3. The highest BCUT2D eigenvalue weighted by molar-refractivity contribution is 5.36. The summed E-state index contributed by atoms with van der Waals surface area (Å²) < 4.78 is 0. The van der Waals surface area contributed by atoms with E-state index in [-0.39, 0.29) is 6.04 Å². The Bertz CT molecular complexity index is 341. The molecule has 0 fully saturated rings. The van der Waals surface area contributed by atoms with Crippen molar-refractivity contribution in [1.82, 2.24) is 0 Å². The van der Waals surface area contributed by atoms with Crippen LogP contribution in [-0.2, 0) is 12.8 Å². The van der Waals surface area contributed by atoms with Gasteiger partial charge in [-0.25, -0.2) is 0 Å². The van der Waals surface area contributed by atoms with Crippen LogP contribution in [0, 0.1) is 5.92 Å². The molecule has 0 bridgehead atoms. The number of hydrogen-bond donors (Lipinski definition) is 1. The van der Waals surface area contributed by atoms with Crippen molar-refractivity contribution in [2.75, 3.05) is 0 Å². The van der Waals surface area contributed by atoms with Gasteiger partial charge in [-0.3, -0.25) is 0 Å². The molecule has 0 saturated heterocycles. The molecule has 15 heavy (non-hydrogen) atoms. The molecule has 1 nitrogen and oxygen atoms in total. The van der Waals surface area contributed by atoms with Gasteiger partial charge in [0.2, 0.25) is 0 Å². The lowest BCUT2D eigenvalue weighted by molar-refractivity contribution is 0.510. The highest BCUT2D eigenvalue weighted by Crippen LogP contribution is 2.26. The number of nitrogens with two attached hydrogens (primary N) is 1. The highest BCUT2D eigenvalue weighted by Gasteiger charge is 2.14. The first-order chi connectivity index (χ1) is 7.16. The van der Waals surface area contributed by atoms with E-state index >= 15 is 0 Å². The summed E-state index contributed by atoms with van der Waals surface area (Å²) in [5, 5.41) is 0. The van der Waals surface area contributed by atoms with E-state index in [1.165, 1.54) is 36.0 Å². The normalized spacial score (nSPS) is 16.8. The Labute approximate surface area is 92.7 Å². The second kappa shape index (κ2) is 4.36. The molecule has 0 amide bonds. The highest BCUT2D eigenvalue weighted by atomic mass is 14.6. The third-order valence-electron chi connectivity index (χ3n) is 3.28. The van der Waals surface area contributed by atoms with Crippen LogP contribution in [-0.4, -0.2) is 0 Å². The van der Waals surface area contributed by atoms with Crippen molar-refractivity contribution in [3.8, 4) is 0 Å². The molecule has 1 aromatic carbocycles. The van der Waals surface area contributed by atoms with Crippen molar-refractivity contribution in [2.45, 2.75) is 45.6 Å². The molecule has 1 unspecified atom stereocenters. The zero-order chi connectivity index (χ0) is 10.8. The molecular formula is C14H21N. The summed E-state index contributed by atoms with van der Waals surface area (Å²) in [5.74, 6) is 0.674. The number of benzene rings is 1. The van der Waals surface area contributed by atoms with Gasteiger partial charge in [0.1, 0.15) is 0 Å². The molecule has 1 aliphatic rings. The molecule has 82 valence electrons. The third kappa shape index (κ3) is 2.40. The zero-order valence-corrected chi connectivity index (χ0v) is 9.79. The molecule has 0 saturated carbocycles. The number of aryl methyl sites for hydroxylation is 2. The largest absolute Gasteiger partial charge is 0.324 e. The smallest absolute Gasteiger partial charge is 0.0297 e. The second-order valence-corrected chi connectivity index (χ2v) is 5.12. The fraction of sp³-hybridized carbons (Fsp3) is 0.571. The van der Waals surface area contributed by atoms with E-state index in [1.54, 1.807) is 0 Å². The van der Waals surface area contributed by atoms with Crippen LogP contribution in [0.25, 0.3) is 0 Å². The van der Waals surface area contributed by atoms with Crippen LogP contribution in [0.2, 0.25) is 0 Å². The van der Waals surface area contributed by atoms with Crippen LogP contribution < -0.4 is 5.73 Å². The van der Waals surface area contributed by atoms with E-state index in [9.17, 15) is 0 Å². The van der Waals surface area contributed by atoms with Crippen LogP contribution in [0.1, 0.15) is 49.4 Å². The predicted octanol–water partition coefficient (Wildman–Crippen LogP) is 3.22. The van der Waals surface area contributed by atoms with E-state index in [0.717, 1.165) is 6.42 Å². The summed E-state index contributed by atoms with van der Waals surface area (Å²) in [4.78, 5) is 0. The van der Waals surface area contributed by atoms with Crippen LogP contribution in [0.4, 0.5) is 0 Å². The van der Waals surface area contributed by atoms with Gasteiger partial charge < -0.3 is 5.73 Å². The maximum absolute atomic E-state index is 6.19. The minimum atomic E-state index is 0.218. The Balaban J connectivity index is 2.15. The molecular weight excluding hydrogens is 182 g/mol. The lowest BCUT2D eigenvalue weighted by atomic mass is 9.95. The third-order valence-corrected chi connectivity index (χ3v) is 3.28. The van der Waals surface area contributed by atoms with Crippen LogP contribution in [0.5, 0.6) is 0 Å². The van der Waals surface area contributed by atoms with Gasteiger partial charge in [-0.2, -0.15) is 0 Å². The molecule has 1 atom stereocenters. The average molecular weight is 203 g/mol. The first kappa shape index (κ1) is 10.7. The van der Waals surface area contributed by atoms with Crippen LogP contribution >= 0.6 is 0 Å². The fourth-order valence-corrected chi connectivity index (χ4v) is 2.47. The van der Waals surface area contributed by atoms with Crippen molar-refractivity contribution in [3.05, 3.63) is 34.9 Å². The van der Waals surface area contributed by atoms with Crippen LogP contribution in [0.3, 0.4) is 0 Å². The Morgan fingerprint density at radius 2 is 1.93 bits per heavy atom. The Hall–Kier alpha value is -0.820. The van der Waals surface area contributed by atoms with Crippen LogP contribution in [0.15, 0.2) is 18.2 Å². The monoisotopic (exact) mass is 203 g/mol. The first-order valence-corrected chi connectivity index (χ1v) is 6.04. The summed E-state index contributed by atoms with van der Waals surface area (Å²) in [6.07, 6.45) is 4.91. The van der Waals surface area contributed by atoms with Gasteiger partial charge in [0.05, 0.1) is 0 Å². The maximum atomic E-state index is 6.19. The topological polar surface area (TPSA) is 26.0 Å². The summed E-state index contributed by atoms with van der Waals surface area (Å²) >= 11 is 0. The standard InChI is InChI=1S/C14H21N/c1-10(2)8-14(15)13-7-6-11-4-3-5-12(11)9-13/h6-7,9-10,14H,3-5,8,15H2,1-2H3. The molecule has 1 aromatic rings. The maximum Gasteiger partial charge on any atom is 0.0297 e. The van der Waals surface area contributed by atoms with Crippen molar-refractivity contribution in [1.29, 1.82) is 0 Å². The fourth-order valence-electron chi connectivity index (χ4n) is 2.47. The Morgan fingerprint density at radius 3 is 2.67 bits per heavy atom. The quantitative estimate of drug-likeness (QED) is 0.802. The first-order valence-electron chi connectivity index (χ1n) is 6.04. The van der Waals surface area contributed by atoms with Gasteiger partial charge in [0.25, 0.3) is 0 Å². The summed E-state index contributed by atoms with van der Waals surface area (Å²) in [6, 6.07) is 7.04. The zero-order valence-electron chi connectivity index (χ0n) is 9.79. The van der Waals surface area contributed by atoms with E-state index in [2.05, 4.69) is 32.0 Å². The summed E-state index contributed by atoms with van der Waals surface area (Å²) in [6.45, 7) is 4.46. The molecule has 0 spiro atoms. The molecule has 1 aliphatic carbocycles. The molecule has 1 heteroatoms. The predicted molar refractivity (Wildman–Crippen MR) is 64.9 cm³/mol. The van der Waals surface area contributed by atoms with Gasteiger partial charge in [0.15, 0.2) is 0 Å². The van der Waals surface area contributed by atoms with Crippen molar-refractivity contribution < 1.29 is 0 Å². The lowest BCUT2D eigenvalue weighted by Crippen LogP contribution is -2.13. The Morgan fingerprint density at radius 1 is 1.20 bits per heavy atom.